The maximum absolute atomic E-state index is 9.52. The van der Waals surface area contributed by atoms with Gasteiger partial charge in [-0.1, -0.05) is 6.07 Å². The molecular formula is C12H18N2O. The molecule has 1 saturated heterocycles. The van der Waals surface area contributed by atoms with Crippen LogP contribution in [-0.4, -0.2) is 24.7 Å². The van der Waals surface area contributed by atoms with Crippen LogP contribution in [0.3, 0.4) is 0 Å². The van der Waals surface area contributed by atoms with E-state index in [1.807, 2.05) is 19.2 Å². The number of nitrogens with one attached hydrogen (secondary N) is 2. The van der Waals surface area contributed by atoms with Crippen molar-refractivity contribution in [1.82, 2.24) is 5.32 Å². The van der Waals surface area contributed by atoms with Gasteiger partial charge in [-0.15, -0.1) is 0 Å². The van der Waals surface area contributed by atoms with Crippen molar-refractivity contribution in [2.45, 2.75) is 25.3 Å². The third-order valence-electron chi connectivity index (χ3n) is 2.97. The lowest BCUT2D eigenvalue weighted by Gasteiger charge is -2.12. The first-order valence-corrected chi connectivity index (χ1v) is 5.52. The first kappa shape index (κ1) is 10.3. The number of phenols is 1. The molecule has 1 unspecified atom stereocenters. The Morgan fingerprint density at radius 3 is 3.07 bits per heavy atom. The lowest BCUT2D eigenvalue weighted by molar-refractivity contribution is 0.477. The summed E-state index contributed by atoms with van der Waals surface area (Å²) in [7, 11) is 1.83. The first-order valence-electron chi connectivity index (χ1n) is 5.52. The van der Waals surface area contributed by atoms with Crippen LogP contribution in [0.5, 0.6) is 5.75 Å². The Morgan fingerprint density at radius 2 is 2.40 bits per heavy atom. The fourth-order valence-corrected chi connectivity index (χ4v) is 2.13. The molecule has 1 heterocycles. The van der Waals surface area contributed by atoms with Gasteiger partial charge in [0.1, 0.15) is 5.75 Å². The zero-order valence-electron chi connectivity index (χ0n) is 9.09. The van der Waals surface area contributed by atoms with Crippen molar-refractivity contribution in [3.8, 4) is 5.75 Å². The molecule has 0 aromatic heterocycles. The molecule has 1 fully saturated rings. The maximum atomic E-state index is 9.52. The fraction of sp³-hybridized carbons (Fsp3) is 0.500. The lowest BCUT2D eigenvalue weighted by atomic mass is 10.0. The van der Waals surface area contributed by atoms with E-state index in [2.05, 4.69) is 10.6 Å². The van der Waals surface area contributed by atoms with Gasteiger partial charge in [0.2, 0.25) is 0 Å². The minimum atomic E-state index is 0.320. The average molecular weight is 206 g/mol. The van der Waals surface area contributed by atoms with Crippen molar-refractivity contribution in [2.75, 3.05) is 18.9 Å². The molecule has 2 rings (SSSR count). The van der Waals surface area contributed by atoms with Gasteiger partial charge in [-0.25, -0.2) is 0 Å². The Balaban J connectivity index is 2.07. The summed E-state index contributed by atoms with van der Waals surface area (Å²) in [6.07, 6.45) is 3.59. The highest BCUT2D eigenvalue weighted by atomic mass is 16.3. The van der Waals surface area contributed by atoms with Crippen LogP contribution in [0, 0.1) is 0 Å². The predicted octanol–water partition coefficient (Wildman–Crippen LogP) is 1.73. The topological polar surface area (TPSA) is 44.3 Å². The van der Waals surface area contributed by atoms with Gasteiger partial charge >= 0.3 is 0 Å². The molecule has 0 spiro atoms. The minimum absolute atomic E-state index is 0.320. The van der Waals surface area contributed by atoms with E-state index in [1.165, 1.54) is 18.4 Å². The second-order valence-corrected chi connectivity index (χ2v) is 4.10. The van der Waals surface area contributed by atoms with Crippen LogP contribution in [0.1, 0.15) is 18.4 Å². The molecule has 0 radical (unpaired) electrons. The van der Waals surface area contributed by atoms with Crippen molar-refractivity contribution < 1.29 is 5.11 Å². The number of aromatic hydroxyl groups is 1. The zero-order chi connectivity index (χ0) is 10.7. The van der Waals surface area contributed by atoms with Gasteiger partial charge in [-0.05, 0) is 43.5 Å². The molecule has 3 N–H and O–H groups in total. The maximum Gasteiger partial charge on any atom is 0.138 e. The van der Waals surface area contributed by atoms with Crippen molar-refractivity contribution in [3.05, 3.63) is 23.8 Å². The van der Waals surface area contributed by atoms with E-state index < -0.39 is 0 Å². The fourth-order valence-electron chi connectivity index (χ4n) is 2.13. The lowest BCUT2D eigenvalue weighted by Crippen LogP contribution is -2.23. The van der Waals surface area contributed by atoms with E-state index in [0.717, 1.165) is 18.7 Å². The van der Waals surface area contributed by atoms with E-state index in [1.54, 1.807) is 6.07 Å². The number of rotatable bonds is 3. The van der Waals surface area contributed by atoms with Crippen LogP contribution in [0.4, 0.5) is 5.69 Å². The summed E-state index contributed by atoms with van der Waals surface area (Å²) in [4.78, 5) is 0. The summed E-state index contributed by atoms with van der Waals surface area (Å²) in [5.74, 6) is 0.320. The van der Waals surface area contributed by atoms with E-state index in [0.29, 0.717) is 11.8 Å². The summed E-state index contributed by atoms with van der Waals surface area (Å²) < 4.78 is 0. The summed E-state index contributed by atoms with van der Waals surface area (Å²) in [5.41, 5.74) is 2.09. The third kappa shape index (κ3) is 2.42. The van der Waals surface area contributed by atoms with Crippen LogP contribution in [0.15, 0.2) is 18.2 Å². The molecule has 1 aliphatic heterocycles. The monoisotopic (exact) mass is 206 g/mol. The molecule has 1 aromatic rings. The number of anilines is 1. The SMILES string of the molecule is CNc1cc(CC2CCCN2)ccc1O. The van der Waals surface area contributed by atoms with Crippen LogP contribution in [0.2, 0.25) is 0 Å². The summed E-state index contributed by atoms with van der Waals surface area (Å²) in [6, 6.07) is 6.39. The van der Waals surface area contributed by atoms with Crippen LogP contribution >= 0.6 is 0 Å². The van der Waals surface area contributed by atoms with Gasteiger partial charge in [0.25, 0.3) is 0 Å². The second-order valence-electron chi connectivity index (χ2n) is 4.10. The highest BCUT2D eigenvalue weighted by molar-refractivity contribution is 5.56. The molecule has 3 nitrogen and oxygen atoms in total. The van der Waals surface area contributed by atoms with E-state index in [4.69, 9.17) is 0 Å². The third-order valence-corrected chi connectivity index (χ3v) is 2.97. The zero-order valence-corrected chi connectivity index (χ0v) is 9.09. The van der Waals surface area contributed by atoms with Crippen LogP contribution in [0.25, 0.3) is 0 Å². The molecule has 0 amide bonds. The van der Waals surface area contributed by atoms with Gasteiger partial charge in [0.15, 0.2) is 0 Å². The van der Waals surface area contributed by atoms with Crippen molar-refractivity contribution in [2.24, 2.45) is 0 Å². The number of benzene rings is 1. The van der Waals surface area contributed by atoms with Gasteiger partial charge in [-0.2, -0.15) is 0 Å². The molecule has 82 valence electrons. The normalized spacial score (nSPS) is 20.5. The van der Waals surface area contributed by atoms with Gasteiger partial charge < -0.3 is 15.7 Å². The Morgan fingerprint density at radius 1 is 1.53 bits per heavy atom. The number of hydrogen-bond donors (Lipinski definition) is 3. The van der Waals surface area contributed by atoms with Crippen molar-refractivity contribution in [1.29, 1.82) is 0 Å². The Kier molecular flexibility index (Phi) is 3.11. The average Bonchev–Trinajstić information content (AvgIpc) is 2.73. The van der Waals surface area contributed by atoms with E-state index >= 15 is 0 Å². The number of hydrogen-bond acceptors (Lipinski definition) is 3. The van der Waals surface area contributed by atoms with Gasteiger partial charge in [0, 0.05) is 13.1 Å². The van der Waals surface area contributed by atoms with E-state index in [9.17, 15) is 5.11 Å². The first-order chi connectivity index (χ1) is 7.29. The Bertz CT molecular complexity index is 332. The van der Waals surface area contributed by atoms with Crippen molar-refractivity contribution >= 4 is 5.69 Å². The molecule has 0 aliphatic carbocycles. The predicted molar refractivity (Wildman–Crippen MR) is 62.4 cm³/mol. The summed E-state index contributed by atoms with van der Waals surface area (Å²) in [6.45, 7) is 1.14. The molecule has 0 saturated carbocycles. The van der Waals surface area contributed by atoms with E-state index in [-0.39, 0.29) is 0 Å². The van der Waals surface area contributed by atoms with Gasteiger partial charge in [-0.3, -0.25) is 0 Å². The standard InChI is InChI=1S/C12H18N2O/c1-13-11-8-9(4-5-12(11)15)7-10-3-2-6-14-10/h4-5,8,10,13-15H,2-3,6-7H2,1H3. The summed E-state index contributed by atoms with van der Waals surface area (Å²) in [5, 5.41) is 16.0. The Hall–Kier alpha value is -1.22. The molecule has 3 heteroatoms. The number of phenolic OH excluding ortho intramolecular Hbond substituents is 1. The van der Waals surface area contributed by atoms with Gasteiger partial charge in [0.05, 0.1) is 5.69 Å². The summed E-state index contributed by atoms with van der Waals surface area (Å²) >= 11 is 0. The minimum Gasteiger partial charge on any atom is -0.506 e. The molecule has 0 bridgehead atoms. The Labute approximate surface area is 90.5 Å². The molecular weight excluding hydrogens is 188 g/mol. The van der Waals surface area contributed by atoms with Crippen LogP contribution < -0.4 is 10.6 Å². The highest BCUT2D eigenvalue weighted by Crippen LogP contribution is 2.24. The smallest absolute Gasteiger partial charge is 0.138 e. The quantitative estimate of drug-likeness (QED) is 0.660. The van der Waals surface area contributed by atoms with Crippen LogP contribution in [-0.2, 0) is 6.42 Å². The second kappa shape index (κ2) is 4.53. The molecule has 1 aromatic carbocycles. The molecule has 15 heavy (non-hydrogen) atoms. The largest absolute Gasteiger partial charge is 0.506 e. The van der Waals surface area contributed by atoms with Crippen molar-refractivity contribution in [3.63, 3.8) is 0 Å². The molecule has 1 atom stereocenters. The molecule has 1 aliphatic rings. The highest BCUT2D eigenvalue weighted by Gasteiger charge is 2.14.